The molecule has 1 heterocycles. The Balaban J connectivity index is 2.23. The summed E-state index contributed by atoms with van der Waals surface area (Å²) in [6.07, 6.45) is 0. The zero-order chi connectivity index (χ0) is 12.4. The molecule has 1 saturated heterocycles. The summed E-state index contributed by atoms with van der Waals surface area (Å²) in [7, 11) is 0. The number of anilines is 1. The van der Waals surface area contributed by atoms with Crippen LogP contribution in [0.2, 0.25) is 0 Å². The molecular formula is C11H10BrNO3S. The molecule has 90 valence electrons. The molecule has 1 aliphatic rings. The zero-order valence-corrected chi connectivity index (χ0v) is 11.2. The number of hydrogen-bond acceptors (Lipinski definition) is 3. The summed E-state index contributed by atoms with van der Waals surface area (Å²) in [5, 5.41) is 8.43. The van der Waals surface area contributed by atoms with Gasteiger partial charge in [0.1, 0.15) is 5.25 Å². The van der Waals surface area contributed by atoms with Gasteiger partial charge in [-0.25, -0.2) is 0 Å². The first-order chi connectivity index (χ1) is 8.08. The predicted octanol–water partition coefficient (Wildman–Crippen LogP) is 1.98. The number of amides is 1. The van der Waals surface area contributed by atoms with Crippen molar-refractivity contribution >= 4 is 45.3 Å². The van der Waals surface area contributed by atoms with Gasteiger partial charge in [-0.3, -0.25) is 9.59 Å². The summed E-state index contributed by atoms with van der Waals surface area (Å²) >= 11 is 4.51. The Kier molecular flexibility index (Phi) is 3.73. The summed E-state index contributed by atoms with van der Waals surface area (Å²) in [6, 6.07) is 7.30. The van der Waals surface area contributed by atoms with Crippen LogP contribution < -0.4 is 4.90 Å². The maximum Gasteiger partial charge on any atom is 0.318 e. The molecule has 1 N–H and O–H groups in total. The molecule has 1 unspecified atom stereocenters. The Morgan fingerprint density at radius 3 is 2.94 bits per heavy atom. The van der Waals surface area contributed by atoms with Crippen LogP contribution in [0.3, 0.4) is 0 Å². The van der Waals surface area contributed by atoms with Gasteiger partial charge in [-0.05, 0) is 18.2 Å². The van der Waals surface area contributed by atoms with Crippen molar-refractivity contribution in [3.63, 3.8) is 0 Å². The number of halogens is 1. The normalized spacial score (nSPS) is 20.4. The monoisotopic (exact) mass is 315 g/mol. The Hall–Kier alpha value is -1.01. The van der Waals surface area contributed by atoms with Gasteiger partial charge in [0.05, 0.1) is 5.75 Å². The molecule has 0 radical (unpaired) electrons. The molecule has 1 aromatic carbocycles. The second-order valence-corrected chi connectivity index (χ2v) is 5.73. The van der Waals surface area contributed by atoms with E-state index >= 15 is 0 Å². The lowest BCUT2D eigenvalue weighted by Crippen LogP contribution is -2.45. The lowest BCUT2D eigenvalue weighted by atomic mass is 10.2. The number of carbonyl (C=O) groups is 2. The number of carboxylic acids is 1. The second-order valence-electron chi connectivity index (χ2n) is 3.62. The maximum absolute atomic E-state index is 11.8. The van der Waals surface area contributed by atoms with E-state index in [9.17, 15) is 9.59 Å². The van der Waals surface area contributed by atoms with Crippen molar-refractivity contribution in [2.75, 3.05) is 17.2 Å². The van der Waals surface area contributed by atoms with Crippen molar-refractivity contribution in [2.45, 2.75) is 5.25 Å². The number of hydrogen-bond donors (Lipinski definition) is 1. The molecule has 1 fully saturated rings. The number of rotatable bonds is 2. The van der Waals surface area contributed by atoms with Gasteiger partial charge in [0.2, 0.25) is 5.91 Å². The van der Waals surface area contributed by atoms with Crippen molar-refractivity contribution in [1.82, 2.24) is 0 Å². The van der Waals surface area contributed by atoms with Crippen LogP contribution >= 0.6 is 27.7 Å². The molecule has 0 bridgehead atoms. The first kappa shape index (κ1) is 12.4. The van der Waals surface area contributed by atoms with Gasteiger partial charge in [-0.2, -0.15) is 0 Å². The van der Waals surface area contributed by atoms with Gasteiger partial charge in [0, 0.05) is 16.7 Å². The molecular weight excluding hydrogens is 306 g/mol. The Morgan fingerprint density at radius 2 is 2.29 bits per heavy atom. The highest BCUT2D eigenvalue weighted by Crippen LogP contribution is 2.27. The highest BCUT2D eigenvalue weighted by atomic mass is 79.9. The standard InChI is InChI=1S/C11H10BrNO3S/c12-7-2-1-3-8(4-7)13-5-9(11(15)16)17-6-10(13)14/h1-4,9H,5-6H2,(H,15,16). The molecule has 1 aliphatic heterocycles. The third-order valence-corrected chi connectivity index (χ3v) is 4.11. The fourth-order valence-corrected chi connectivity index (χ4v) is 2.90. The van der Waals surface area contributed by atoms with Crippen molar-refractivity contribution in [3.8, 4) is 0 Å². The molecule has 4 nitrogen and oxygen atoms in total. The average molecular weight is 316 g/mol. The fraction of sp³-hybridized carbons (Fsp3) is 0.273. The van der Waals surface area contributed by atoms with Crippen LogP contribution in [0.15, 0.2) is 28.7 Å². The van der Waals surface area contributed by atoms with E-state index in [1.807, 2.05) is 18.2 Å². The van der Waals surface area contributed by atoms with E-state index < -0.39 is 11.2 Å². The lowest BCUT2D eigenvalue weighted by Gasteiger charge is -2.30. The number of carboxylic acid groups (broad SMARTS) is 1. The molecule has 1 amide bonds. The topological polar surface area (TPSA) is 57.6 Å². The minimum atomic E-state index is -0.873. The third-order valence-electron chi connectivity index (χ3n) is 2.45. The summed E-state index contributed by atoms with van der Waals surface area (Å²) in [5.74, 6) is -0.711. The van der Waals surface area contributed by atoms with Crippen molar-refractivity contribution in [3.05, 3.63) is 28.7 Å². The van der Waals surface area contributed by atoms with Gasteiger partial charge in [-0.1, -0.05) is 22.0 Å². The van der Waals surface area contributed by atoms with Crippen LogP contribution in [0.4, 0.5) is 5.69 Å². The first-order valence-corrected chi connectivity index (χ1v) is 6.82. The summed E-state index contributed by atoms with van der Waals surface area (Å²) in [4.78, 5) is 24.2. The number of nitrogens with zero attached hydrogens (tertiary/aromatic N) is 1. The van der Waals surface area contributed by atoms with E-state index in [-0.39, 0.29) is 18.2 Å². The molecule has 2 rings (SSSR count). The molecule has 0 aliphatic carbocycles. The molecule has 17 heavy (non-hydrogen) atoms. The average Bonchev–Trinajstić information content (AvgIpc) is 2.29. The fourth-order valence-electron chi connectivity index (χ4n) is 1.61. The van der Waals surface area contributed by atoms with Gasteiger partial charge in [-0.15, -0.1) is 11.8 Å². The maximum atomic E-state index is 11.8. The SMILES string of the molecule is O=C(O)C1CN(c2cccc(Br)c2)C(=O)CS1. The molecule has 0 saturated carbocycles. The van der Waals surface area contributed by atoms with Gasteiger partial charge in [0.25, 0.3) is 0 Å². The smallest absolute Gasteiger partial charge is 0.318 e. The van der Waals surface area contributed by atoms with Gasteiger partial charge >= 0.3 is 5.97 Å². The quantitative estimate of drug-likeness (QED) is 0.906. The largest absolute Gasteiger partial charge is 0.480 e. The van der Waals surface area contributed by atoms with E-state index in [4.69, 9.17) is 5.11 Å². The molecule has 0 spiro atoms. The van der Waals surface area contributed by atoms with E-state index in [1.165, 1.54) is 16.7 Å². The highest BCUT2D eigenvalue weighted by molar-refractivity contribution is 9.10. The van der Waals surface area contributed by atoms with Crippen LogP contribution in [-0.2, 0) is 9.59 Å². The summed E-state index contributed by atoms with van der Waals surface area (Å²) < 4.78 is 0.868. The molecule has 1 aromatic rings. The number of aliphatic carboxylic acids is 1. The minimum Gasteiger partial charge on any atom is -0.480 e. The van der Waals surface area contributed by atoms with E-state index in [2.05, 4.69) is 15.9 Å². The summed E-state index contributed by atoms with van der Waals surface area (Å²) in [5.41, 5.74) is 0.732. The van der Waals surface area contributed by atoms with Crippen molar-refractivity contribution < 1.29 is 14.7 Å². The van der Waals surface area contributed by atoms with Gasteiger partial charge < -0.3 is 10.0 Å². The van der Waals surface area contributed by atoms with Crippen LogP contribution in [0.5, 0.6) is 0 Å². The van der Waals surface area contributed by atoms with Crippen LogP contribution in [0, 0.1) is 0 Å². The van der Waals surface area contributed by atoms with Crippen molar-refractivity contribution in [2.24, 2.45) is 0 Å². The zero-order valence-electron chi connectivity index (χ0n) is 8.80. The van der Waals surface area contributed by atoms with Crippen LogP contribution in [0.1, 0.15) is 0 Å². The first-order valence-electron chi connectivity index (χ1n) is 4.98. The lowest BCUT2D eigenvalue weighted by molar-refractivity contribution is -0.136. The summed E-state index contributed by atoms with van der Waals surface area (Å²) in [6.45, 7) is 0.218. The Labute approximate surface area is 111 Å². The number of benzene rings is 1. The van der Waals surface area contributed by atoms with Crippen LogP contribution in [-0.4, -0.2) is 34.5 Å². The third kappa shape index (κ3) is 2.81. The Morgan fingerprint density at radius 1 is 1.53 bits per heavy atom. The highest BCUT2D eigenvalue weighted by Gasteiger charge is 2.31. The Bertz CT molecular complexity index is 466. The number of thioether (sulfide) groups is 1. The number of carbonyl (C=O) groups excluding carboxylic acids is 1. The second kappa shape index (κ2) is 5.10. The van der Waals surface area contributed by atoms with Gasteiger partial charge in [0.15, 0.2) is 0 Å². The van der Waals surface area contributed by atoms with Crippen LogP contribution in [0.25, 0.3) is 0 Å². The molecule has 0 aromatic heterocycles. The minimum absolute atomic E-state index is 0.0504. The van der Waals surface area contributed by atoms with Crippen molar-refractivity contribution in [1.29, 1.82) is 0 Å². The van der Waals surface area contributed by atoms with E-state index in [1.54, 1.807) is 6.07 Å². The molecule has 1 atom stereocenters. The van der Waals surface area contributed by atoms with E-state index in [0.29, 0.717) is 0 Å². The van der Waals surface area contributed by atoms with E-state index in [0.717, 1.165) is 10.2 Å². The predicted molar refractivity (Wildman–Crippen MR) is 70.4 cm³/mol. The molecule has 6 heteroatoms.